The number of hydrogen-bond acceptors (Lipinski definition) is 14. The maximum Gasteiger partial charge on any atom is 0.407 e. The topological polar surface area (TPSA) is 245 Å². The van der Waals surface area contributed by atoms with Gasteiger partial charge in [-0.05, 0) is 145 Å². The van der Waals surface area contributed by atoms with Crippen molar-refractivity contribution in [3.8, 4) is 0 Å². The fraction of sp³-hybridized carbons (Fsp3) is 0.479. The second-order valence-corrected chi connectivity index (χ2v) is 27.9. The lowest BCUT2D eigenvalue weighted by molar-refractivity contribution is 0.0526. The number of fused-ring (bicyclic) bond motifs is 3. The Bertz CT molecular complexity index is 3930. The molecule has 3 aliphatic rings. The molecule has 7 aromatic rings. The highest BCUT2D eigenvalue weighted by molar-refractivity contribution is 9.10. The monoisotopic (exact) mass is 1370 g/mol. The summed E-state index contributed by atoms with van der Waals surface area (Å²) in [6.07, 6.45) is 13.1. The normalized spacial score (nSPS) is 14.5. The van der Waals surface area contributed by atoms with Crippen LogP contribution in [0.1, 0.15) is 209 Å². The van der Waals surface area contributed by atoms with E-state index in [1.807, 2.05) is 145 Å². The number of amides is 2. The Labute approximate surface area is 562 Å². The third kappa shape index (κ3) is 20.1. The van der Waals surface area contributed by atoms with Crippen molar-refractivity contribution in [2.75, 3.05) is 32.4 Å². The molecule has 0 saturated heterocycles. The first-order chi connectivity index (χ1) is 45.2. The molecule has 4 N–H and O–H groups in total. The molecule has 3 unspecified atom stereocenters. The highest BCUT2D eigenvalue weighted by Crippen LogP contribution is 2.31. The van der Waals surface area contributed by atoms with E-state index in [0.717, 1.165) is 139 Å². The van der Waals surface area contributed by atoms with Crippen molar-refractivity contribution < 1.29 is 26.9 Å². The summed E-state index contributed by atoms with van der Waals surface area (Å²) >= 11 is 3.45. The summed E-state index contributed by atoms with van der Waals surface area (Å²) in [5.41, 5.74) is 13.2. The van der Waals surface area contributed by atoms with E-state index in [2.05, 4.69) is 52.5 Å². The SMILES string of the molecule is CCC(NCCCNC(=O)OC(C)(C)C)c1nc2n(c(=O)c1Cc1ccccc1)CCCC2.CCC(OS(C)(=O)=O)c1nc2n(c(=O)c1Cc1ccccc1)CCCC2.CCC(c1nc2n(c(=O)c1Cc1ccccc1)CCCC2)N(CCCN)C(=O)c1ccc(Br)cc1. The first kappa shape index (κ1) is 72.4. The fourth-order valence-electron chi connectivity index (χ4n) is 12.4. The lowest BCUT2D eigenvalue weighted by Gasteiger charge is -2.33. The molecule has 3 aliphatic heterocycles. The second-order valence-electron chi connectivity index (χ2n) is 25.4. The molecule has 94 heavy (non-hydrogen) atoms. The van der Waals surface area contributed by atoms with Gasteiger partial charge in [0.25, 0.3) is 32.7 Å². The van der Waals surface area contributed by atoms with Gasteiger partial charge in [-0.15, -0.1) is 0 Å². The summed E-state index contributed by atoms with van der Waals surface area (Å²) in [5.74, 6) is 2.40. The third-order valence-electron chi connectivity index (χ3n) is 17.0. The molecule has 0 bridgehead atoms. The van der Waals surface area contributed by atoms with Crippen LogP contribution in [0.2, 0.25) is 0 Å². The van der Waals surface area contributed by atoms with Crippen LogP contribution in [0, 0.1) is 0 Å². The maximum absolute atomic E-state index is 13.8. The molecule has 0 fully saturated rings. The van der Waals surface area contributed by atoms with E-state index in [1.165, 1.54) is 0 Å². The van der Waals surface area contributed by atoms with Crippen LogP contribution in [0.25, 0.3) is 0 Å². The van der Waals surface area contributed by atoms with Gasteiger partial charge in [0.05, 0.1) is 29.4 Å². The number of aryl methyl sites for hydroxylation is 3. The molecule has 3 atom stereocenters. The van der Waals surface area contributed by atoms with Crippen molar-refractivity contribution in [3.05, 3.63) is 224 Å². The predicted octanol–water partition coefficient (Wildman–Crippen LogP) is 11.6. The summed E-state index contributed by atoms with van der Waals surface area (Å²) in [5, 5.41) is 6.36. The van der Waals surface area contributed by atoms with Gasteiger partial charge in [0, 0.05) is 104 Å². The summed E-state index contributed by atoms with van der Waals surface area (Å²) in [6, 6.07) is 36.9. The zero-order valence-corrected chi connectivity index (χ0v) is 58.2. The van der Waals surface area contributed by atoms with Gasteiger partial charge in [-0.3, -0.25) is 37.1 Å². The molecule has 10 rings (SSSR count). The number of carbonyl (C=O) groups is 2. The van der Waals surface area contributed by atoms with Gasteiger partial charge in [-0.1, -0.05) is 128 Å². The van der Waals surface area contributed by atoms with E-state index in [1.54, 1.807) is 4.57 Å². The molecule has 19 nitrogen and oxygen atoms in total. The minimum atomic E-state index is -3.66. The smallest absolute Gasteiger partial charge is 0.407 e. The van der Waals surface area contributed by atoms with E-state index in [0.29, 0.717) is 100 Å². The number of hydrogen-bond donors (Lipinski definition) is 3. The molecule has 0 aliphatic carbocycles. The fourth-order valence-corrected chi connectivity index (χ4v) is 13.3. The van der Waals surface area contributed by atoms with Crippen molar-refractivity contribution in [2.45, 2.75) is 194 Å². The van der Waals surface area contributed by atoms with Crippen LogP contribution in [0.3, 0.4) is 0 Å². The minimum Gasteiger partial charge on any atom is -0.444 e. The second kappa shape index (κ2) is 34.8. The summed E-state index contributed by atoms with van der Waals surface area (Å²) in [7, 11) is -3.66. The molecule has 2 amide bonds. The van der Waals surface area contributed by atoms with Crippen LogP contribution in [0.15, 0.2) is 134 Å². The van der Waals surface area contributed by atoms with Crippen molar-refractivity contribution in [1.29, 1.82) is 0 Å². The van der Waals surface area contributed by atoms with Crippen LogP contribution < -0.4 is 33.0 Å². The number of alkyl carbamates (subject to hydrolysis) is 1. The molecular formula is C73H95BrN10O9S. The van der Waals surface area contributed by atoms with Gasteiger partial charge in [-0.2, -0.15) is 8.42 Å². The number of ether oxygens (including phenoxy) is 1. The number of nitrogens with zero attached hydrogens (tertiary/aromatic N) is 7. The van der Waals surface area contributed by atoms with E-state index >= 15 is 0 Å². The zero-order chi connectivity index (χ0) is 67.4. The van der Waals surface area contributed by atoms with Crippen LogP contribution in [-0.4, -0.2) is 92.0 Å². The van der Waals surface area contributed by atoms with Gasteiger partial charge in [0.15, 0.2) is 0 Å². The Morgan fingerprint density at radius 3 is 1.48 bits per heavy atom. The van der Waals surface area contributed by atoms with Crippen LogP contribution >= 0.6 is 15.9 Å². The number of benzene rings is 4. The molecule has 6 heterocycles. The van der Waals surface area contributed by atoms with Crippen molar-refractivity contribution in [1.82, 2.24) is 44.2 Å². The highest BCUT2D eigenvalue weighted by Gasteiger charge is 2.32. The molecule has 21 heteroatoms. The van der Waals surface area contributed by atoms with E-state index < -0.39 is 27.9 Å². The molecule has 4 aromatic carbocycles. The van der Waals surface area contributed by atoms with Gasteiger partial charge >= 0.3 is 6.09 Å². The average molecular weight is 1370 g/mol. The van der Waals surface area contributed by atoms with Crippen molar-refractivity contribution >= 4 is 38.0 Å². The van der Waals surface area contributed by atoms with E-state index in [4.69, 9.17) is 29.6 Å². The minimum absolute atomic E-state index is 0.00855. The summed E-state index contributed by atoms with van der Waals surface area (Å²) in [4.78, 5) is 82.6. The molecule has 0 saturated carbocycles. The number of nitrogens with two attached hydrogens (primary N) is 1. The Morgan fingerprint density at radius 1 is 0.606 bits per heavy atom. The molecule has 0 radical (unpaired) electrons. The first-order valence-corrected chi connectivity index (χ1v) is 36.2. The quantitative estimate of drug-likeness (QED) is 0.0376. The van der Waals surface area contributed by atoms with Crippen LogP contribution in [0.5, 0.6) is 0 Å². The Balaban J connectivity index is 0.000000183. The largest absolute Gasteiger partial charge is 0.444 e. The standard InChI is InChI=1S/C28H33BrN4O2.C26H38N4O3.C19H24N2O4S/c1-2-24(32(18-8-16-30)27(34)21-12-14-22(29)15-13-21)26-23(19-20-9-4-3-5-10-20)28(35)33-17-7-6-11-25(33)31-26;1-5-21(27-15-11-16-28-25(32)33-26(2,3)4)23-20(18-19-12-7-6-8-13-19)24(31)30-17-10-9-14-22(30)29-23;1-3-16(25-26(2,23)24)18-15(13-14-9-5-4-6-10-14)19(22)21-12-8-7-11-17(21)20-18/h3-5,9-10,12-15,24H,2,6-8,11,16-19,30H2,1H3;6-8,12-13,21,27H,5,9-11,14-18H2,1-4H3,(H,28,32);4-6,9-10,16H,3,7-8,11-13H2,1-2H3. The summed E-state index contributed by atoms with van der Waals surface area (Å²) < 4.78 is 40.3. The highest BCUT2D eigenvalue weighted by atomic mass is 79.9. The first-order valence-electron chi connectivity index (χ1n) is 33.5. The number of rotatable bonds is 24. The Morgan fingerprint density at radius 2 is 1.05 bits per heavy atom. The van der Waals surface area contributed by atoms with E-state index in [9.17, 15) is 32.4 Å². The lowest BCUT2D eigenvalue weighted by Crippen LogP contribution is -2.40. The summed E-state index contributed by atoms with van der Waals surface area (Å²) in [6.45, 7) is 15.9. The molecular weight excluding hydrogens is 1270 g/mol. The van der Waals surface area contributed by atoms with Gasteiger partial charge in [0.2, 0.25) is 0 Å². The average Bonchev–Trinajstić information content (AvgIpc) is 0.789. The zero-order valence-electron chi connectivity index (χ0n) is 55.8. The predicted molar refractivity (Wildman–Crippen MR) is 373 cm³/mol. The Hall–Kier alpha value is -7.43. The maximum atomic E-state index is 13.8. The molecule has 3 aromatic heterocycles. The van der Waals surface area contributed by atoms with Crippen LogP contribution in [-0.2, 0) is 77.2 Å². The van der Waals surface area contributed by atoms with Crippen molar-refractivity contribution in [2.24, 2.45) is 5.73 Å². The van der Waals surface area contributed by atoms with Crippen LogP contribution in [0.4, 0.5) is 4.79 Å². The Kier molecular flexibility index (Phi) is 26.8. The van der Waals surface area contributed by atoms with Gasteiger partial charge in [-0.25, -0.2) is 19.7 Å². The number of carbonyl (C=O) groups excluding carboxylic acids is 2. The van der Waals surface area contributed by atoms with Gasteiger partial charge in [0.1, 0.15) is 29.2 Å². The number of aromatic nitrogens is 6. The van der Waals surface area contributed by atoms with Crippen molar-refractivity contribution in [3.63, 3.8) is 0 Å². The van der Waals surface area contributed by atoms with Gasteiger partial charge < -0.3 is 26.0 Å². The molecule has 504 valence electrons. The lowest BCUT2D eigenvalue weighted by atomic mass is 9.96. The molecule has 0 spiro atoms. The number of nitrogens with one attached hydrogen (secondary N) is 2. The number of halogens is 1. The van der Waals surface area contributed by atoms with E-state index in [-0.39, 0.29) is 34.7 Å². The third-order valence-corrected chi connectivity index (χ3v) is 18.2.